The maximum Gasteiger partial charge on any atom is 0.164 e. The zero-order valence-corrected chi connectivity index (χ0v) is 10.2. The summed E-state index contributed by atoms with van der Waals surface area (Å²) < 4.78 is 15.9. The van der Waals surface area contributed by atoms with E-state index in [4.69, 9.17) is 14.2 Å². The van der Waals surface area contributed by atoms with Crippen LogP contribution in [0.4, 0.5) is 0 Å². The van der Waals surface area contributed by atoms with Crippen LogP contribution in [0.3, 0.4) is 0 Å². The number of benzene rings is 1. The van der Waals surface area contributed by atoms with Crippen LogP contribution < -0.4 is 14.2 Å². The van der Waals surface area contributed by atoms with Gasteiger partial charge in [0.05, 0.1) is 21.3 Å². The molecule has 4 nitrogen and oxygen atoms in total. The van der Waals surface area contributed by atoms with E-state index in [2.05, 4.69) is 0 Å². The van der Waals surface area contributed by atoms with Gasteiger partial charge in [-0.05, 0) is 18.4 Å². The topological polar surface area (TPSA) is 44.8 Å². The molecule has 1 fully saturated rings. The fourth-order valence-corrected chi connectivity index (χ4v) is 2.08. The molecule has 0 amide bonds. The van der Waals surface area contributed by atoms with Crippen LogP contribution in [0.5, 0.6) is 17.2 Å². The molecule has 0 N–H and O–H groups in total. The number of carbonyl (C=O) groups is 1. The Morgan fingerprint density at radius 2 is 1.94 bits per heavy atom. The lowest BCUT2D eigenvalue weighted by Gasteiger charge is -2.14. The van der Waals surface area contributed by atoms with Crippen LogP contribution >= 0.6 is 0 Å². The van der Waals surface area contributed by atoms with Crippen LogP contribution in [-0.2, 0) is 4.79 Å². The Morgan fingerprint density at radius 3 is 2.41 bits per heavy atom. The Bertz CT molecular complexity index is 428. The van der Waals surface area contributed by atoms with Gasteiger partial charge in [0.1, 0.15) is 12.0 Å². The van der Waals surface area contributed by atoms with Crippen molar-refractivity contribution in [3.8, 4) is 17.2 Å². The molecule has 0 saturated heterocycles. The van der Waals surface area contributed by atoms with Crippen molar-refractivity contribution in [3.63, 3.8) is 0 Å². The van der Waals surface area contributed by atoms with Gasteiger partial charge in [-0.2, -0.15) is 0 Å². The van der Waals surface area contributed by atoms with Crippen molar-refractivity contribution < 1.29 is 19.0 Å². The summed E-state index contributed by atoms with van der Waals surface area (Å²) in [6.07, 6.45) is 1.87. The van der Waals surface area contributed by atoms with Crippen molar-refractivity contribution >= 4 is 6.29 Å². The van der Waals surface area contributed by atoms with E-state index in [0.717, 1.165) is 18.3 Å². The van der Waals surface area contributed by atoms with Gasteiger partial charge in [0.15, 0.2) is 11.5 Å². The number of carbonyl (C=O) groups excluding carboxylic acids is 1. The minimum atomic E-state index is 0.0979. The highest BCUT2D eigenvalue weighted by molar-refractivity contribution is 5.64. The van der Waals surface area contributed by atoms with Gasteiger partial charge in [-0.3, -0.25) is 0 Å². The maximum absolute atomic E-state index is 10.8. The molecule has 1 aromatic rings. The Hall–Kier alpha value is -1.71. The van der Waals surface area contributed by atoms with Gasteiger partial charge in [-0.25, -0.2) is 0 Å². The van der Waals surface area contributed by atoms with Gasteiger partial charge in [0.25, 0.3) is 0 Å². The molecule has 4 heteroatoms. The molecular formula is C13H16O4. The van der Waals surface area contributed by atoms with Crippen molar-refractivity contribution in [1.29, 1.82) is 0 Å². The summed E-state index contributed by atoms with van der Waals surface area (Å²) >= 11 is 0. The van der Waals surface area contributed by atoms with Crippen molar-refractivity contribution in [1.82, 2.24) is 0 Å². The highest BCUT2D eigenvalue weighted by Gasteiger charge is 2.40. The third kappa shape index (κ3) is 2.07. The molecule has 1 aliphatic carbocycles. The minimum Gasteiger partial charge on any atom is -0.497 e. The Balaban J connectivity index is 2.44. The Kier molecular flexibility index (Phi) is 3.22. The summed E-state index contributed by atoms with van der Waals surface area (Å²) in [4.78, 5) is 10.8. The summed E-state index contributed by atoms with van der Waals surface area (Å²) in [6.45, 7) is 0. The molecule has 17 heavy (non-hydrogen) atoms. The molecule has 1 saturated carbocycles. The molecule has 1 aromatic carbocycles. The first-order chi connectivity index (χ1) is 8.24. The van der Waals surface area contributed by atoms with Crippen LogP contribution in [0.2, 0.25) is 0 Å². The molecule has 2 atom stereocenters. The summed E-state index contributed by atoms with van der Waals surface area (Å²) in [5.74, 6) is 2.38. The molecule has 0 unspecified atom stereocenters. The van der Waals surface area contributed by atoms with Crippen LogP contribution in [0.15, 0.2) is 12.1 Å². The quantitative estimate of drug-likeness (QED) is 0.734. The molecule has 0 spiro atoms. The van der Waals surface area contributed by atoms with E-state index >= 15 is 0 Å². The van der Waals surface area contributed by atoms with Gasteiger partial charge in [-0.15, -0.1) is 0 Å². The van der Waals surface area contributed by atoms with E-state index in [-0.39, 0.29) is 11.8 Å². The molecule has 2 rings (SSSR count). The Morgan fingerprint density at radius 1 is 1.18 bits per heavy atom. The second kappa shape index (κ2) is 4.65. The normalized spacial score (nSPS) is 21.8. The summed E-state index contributed by atoms with van der Waals surface area (Å²) in [7, 11) is 4.80. The zero-order valence-electron chi connectivity index (χ0n) is 10.2. The maximum atomic E-state index is 10.8. The van der Waals surface area contributed by atoms with Gasteiger partial charge < -0.3 is 19.0 Å². The average Bonchev–Trinajstić information content (AvgIpc) is 3.16. The number of rotatable bonds is 5. The first kappa shape index (κ1) is 11.8. The minimum absolute atomic E-state index is 0.0979. The van der Waals surface area contributed by atoms with Crippen molar-refractivity contribution in [2.45, 2.75) is 12.3 Å². The summed E-state index contributed by atoms with van der Waals surface area (Å²) in [5.41, 5.74) is 0.987. The zero-order chi connectivity index (χ0) is 12.4. The lowest BCUT2D eigenvalue weighted by Crippen LogP contribution is -1.98. The second-order valence-electron chi connectivity index (χ2n) is 4.09. The van der Waals surface area contributed by atoms with Gasteiger partial charge in [-0.1, -0.05) is 0 Å². The highest BCUT2D eigenvalue weighted by atomic mass is 16.5. The van der Waals surface area contributed by atoms with Crippen molar-refractivity contribution in [3.05, 3.63) is 17.7 Å². The number of ether oxygens (including phenoxy) is 3. The summed E-state index contributed by atoms with van der Waals surface area (Å²) in [5, 5.41) is 0. The SMILES string of the molecule is COc1cc(OC)c(OC)c([C@H]2C[C@@H]2C=O)c1. The van der Waals surface area contributed by atoms with E-state index in [9.17, 15) is 4.79 Å². The van der Waals surface area contributed by atoms with Crippen LogP contribution in [0.1, 0.15) is 17.9 Å². The molecule has 0 radical (unpaired) electrons. The molecule has 92 valence electrons. The van der Waals surface area contributed by atoms with E-state index in [0.29, 0.717) is 17.2 Å². The predicted octanol–water partition coefficient (Wildman–Crippen LogP) is 2.01. The van der Waals surface area contributed by atoms with Crippen molar-refractivity contribution in [2.24, 2.45) is 5.92 Å². The molecule has 0 heterocycles. The third-order valence-corrected chi connectivity index (χ3v) is 3.13. The average molecular weight is 236 g/mol. The molecule has 0 aromatic heterocycles. The molecule has 0 aliphatic heterocycles. The fraction of sp³-hybridized carbons (Fsp3) is 0.462. The smallest absolute Gasteiger partial charge is 0.164 e. The van der Waals surface area contributed by atoms with Gasteiger partial charge in [0, 0.05) is 17.5 Å². The lowest BCUT2D eigenvalue weighted by molar-refractivity contribution is -0.108. The molecular weight excluding hydrogens is 220 g/mol. The van der Waals surface area contributed by atoms with Gasteiger partial charge >= 0.3 is 0 Å². The number of methoxy groups -OCH3 is 3. The number of hydrogen-bond acceptors (Lipinski definition) is 4. The van der Waals surface area contributed by atoms with E-state index in [1.54, 1.807) is 27.4 Å². The first-order valence-electron chi connectivity index (χ1n) is 5.50. The second-order valence-corrected chi connectivity index (χ2v) is 4.09. The van der Waals surface area contributed by atoms with Crippen LogP contribution in [0, 0.1) is 5.92 Å². The largest absolute Gasteiger partial charge is 0.497 e. The number of hydrogen-bond donors (Lipinski definition) is 0. The van der Waals surface area contributed by atoms with Crippen LogP contribution in [-0.4, -0.2) is 27.6 Å². The molecule has 0 bridgehead atoms. The third-order valence-electron chi connectivity index (χ3n) is 3.13. The van der Waals surface area contributed by atoms with E-state index in [1.807, 2.05) is 6.07 Å². The van der Waals surface area contributed by atoms with Crippen LogP contribution in [0.25, 0.3) is 0 Å². The first-order valence-corrected chi connectivity index (χ1v) is 5.50. The number of aldehydes is 1. The van der Waals surface area contributed by atoms with Gasteiger partial charge in [0.2, 0.25) is 0 Å². The standard InChI is InChI=1S/C13H16O4/c1-15-9-5-11(10-4-8(10)7-14)13(17-3)12(6-9)16-2/h5-8,10H,4H2,1-3H3/t8-,10+/m1/s1. The highest BCUT2D eigenvalue weighted by Crippen LogP contribution is 2.52. The lowest BCUT2D eigenvalue weighted by atomic mass is 10.1. The molecule has 1 aliphatic rings. The fourth-order valence-electron chi connectivity index (χ4n) is 2.08. The van der Waals surface area contributed by atoms with E-state index < -0.39 is 0 Å². The summed E-state index contributed by atoms with van der Waals surface area (Å²) in [6, 6.07) is 3.69. The predicted molar refractivity (Wildman–Crippen MR) is 63.0 cm³/mol. The monoisotopic (exact) mass is 236 g/mol. The van der Waals surface area contributed by atoms with Crippen molar-refractivity contribution in [2.75, 3.05) is 21.3 Å². The van der Waals surface area contributed by atoms with E-state index in [1.165, 1.54) is 0 Å². The Labute approximate surface area is 100 Å².